The van der Waals surface area contributed by atoms with Gasteiger partial charge >= 0.3 is 0 Å². The molecule has 0 fully saturated rings. The van der Waals surface area contributed by atoms with Crippen molar-refractivity contribution in [2.75, 3.05) is 13.7 Å². The molecule has 0 amide bonds. The van der Waals surface area contributed by atoms with Crippen LogP contribution in [0.15, 0.2) is 18.5 Å². The number of aromatic nitrogens is 1. The average molecular weight is 208 g/mol. The highest BCUT2D eigenvalue weighted by molar-refractivity contribution is 5.32. The van der Waals surface area contributed by atoms with Crippen LogP contribution in [0.25, 0.3) is 0 Å². The van der Waals surface area contributed by atoms with Crippen molar-refractivity contribution in [2.24, 2.45) is 0 Å². The fourth-order valence-electron chi connectivity index (χ4n) is 1.64. The van der Waals surface area contributed by atoms with E-state index in [1.54, 1.807) is 13.3 Å². The molecule has 15 heavy (non-hydrogen) atoms. The summed E-state index contributed by atoms with van der Waals surface area (Å²) in [5, 5.41) is 3.50. The first-order valence-corrected chi connectivity index (χ1v) is 5.54. The lowest BCUT2D eigenvalue weighted by atomic mass is 10.1. The highest BCUT2D eigenvalue weighted by Crippen LogP contribution is 2.25. The molecule has 1 rings (SSSR count). The van der Waals surface area contributed by atoms with Crippen molar-refractivity contribution in [3.63, 3.8) is 0 Å². The number of ether oxygens (including phenoxy) is 1. The third kappa shape index (κ3) is 3.20. The summed E-state index contributed by atoms with van der Waals surface area (Å²) in [6.07, 6.45) is 5.78. The van der Waals surface area contributed by atoms with Gasteiger partial charge in [0.05, 0.1) is 13.3 Å². The summed E-state index contributed by atoms with van der Waals surface area (Å²) < 4.78 is 5.31. The van der Waals surface area contributed by atoms with Crippen LogP contribution in [0.4, 0.5) is 0 Å². The molecule has 0 aromatic carbocycles. The van der Waals surface area contributed by atoms with Gasteiger partial charge in [-0.05, 0) is 25.5 Å². The van der Waals surface area contributed by atoms with E-state index in [1.807, 2.05) is 12.3 Å². The van der Waals surface area contributed by atoms with Gasteiger partial charge in [-0.15, -0.1) is 0 Å². The molecule has 3 nitrogen and oxygen atoms in total. The van der Waals surface area contributed by atoms with Gasteiger partial charge in [0.15, 0.2) is 0 Å². The molecule has 0 radical (unpaired) electrons. The predicted octanol–water partition coefficient (Wildman–Crippen LogP) is 2.54. The van der Waals surface area contributed by atoms with Crippen LogP contribution < -0.4 is 10.1 Å². The third-order valence-corrected chi connectivity index (χ3v) is 2.46. The SMILES string of the molecule is CCCNC(CC)c1ccncc1OC. The van der Waals surface area contributed by atoms with Crippen molar-refractivity contribution in [3.8, 4) is 5.75 Å². The molecule has 0 spiro atoms. The Bertz CT molecular complexity index is 289. The van der Waals surface area contributed by atoms with Gasteiger partial charge in [0.2, 0.25) is 0 Å². The fraction of sp³-hybridized carbons (Fsp3) is 0.583. The molecular weight excluding hydrogens is 188 g/mol. The maximum absolute atomic E-state index is 5.31. The Balaban J connectivity index is 2.80. The molecule has 3 heteroatoms. The Morgan fingerprint density at radius 2 is 2.27 bits per heavy atom. The Kier molecular flexibility index (Phi) is 5.12. The monoisotopic (exact) mass is 208 g/mol. The molecule has 1 unspecified atom stereocenters. The number of rotatable bonds is 6. The Labute approximate surface area is 91.9 Å². The minimum Gasteiger partial charge on any atom is -0.495 e. The van der Waals surface area contributed by atoms with Crippen molar-refractivity contribution in [2.45, 2.75) is 32.7 Å². The normalized spacial score (nSPS) is 12.5. The second-order valence-electron chi connectivity index (χ2n) is 3.53. The van der Waals surface area contributed by atoms with Crippen molar-refractivity contribution in [1.29, 1.82) is 0 Å². The van der Waals surface area contributed by atoms with Crippen molar-refractivity contribution >= 4 is 0 Å². The van der Waals surface area contributed by atoms with Gasteiger partial charge in [-0.25, -0.2) is 0 Å². The van der Waals surface area contributed by atoms with Gasteiger partial charge in [-0.3, -0.25) is 4.98 Å². The van der Waals surface area contributed by atoms with Gasteiger partial charge in [-0.1, -0.05) is 13.8 Å². The molecule has 1 heterocycles. The number of methoxy groups -OCH3 is 1. The van der Waals surface area contributed by atoms with Crippen LogP contribution in [-0.4, -0.2) is 18.6 Å². The smallest absolute Gasteiger partial charge is 0.141 e. The van der Waals surface area contributed by atoms with Crippen LogP contribution >= 0.6 is 0 Å². The van der Waals surface area contributed by atoms with Gasteiger partial charge in [0.1, 0.15) is 5.75 Å². The van der Waals surface area contributed by atoms with Crippen molar-refractivity contribution < 1.29 is 4.74 Å². The van der Waals surface area contributed by atoms with Crippen LogP contribution in [-0.2, 0) is 0 Å². The van der Waals surface area contributed by atoms with Crippen LogP contribution in [0.5, 0.6) is 5.75 Å². The molecule has 1 N–H and O–H groups in total. The minimum absolute atomic E-state index is 0.364. The quantitative estimate of drug-likeness (QED) is 0.780. The first-order chi connectivity index (χ1) is 7.33. The number of hydrogen-bond donors (Lipinski definition) is 1. The van der Waals surface area contributed by atoms with E-state index in [0.29, 0.717) is 6.04 Å². The topological polar surface area (TPSA) is 34.2 Å². The summed E-state index contributed by atoms with van der Waals surface area (Å²) in [5.74, 6) is 0.868. The lowest BCUT2D eigenvalue weighted by Crippen LogP contribution is -2.22. The summed E-state index contributed by atoms with van der Waals surface area (Å²) in [7, 11) is 1.69. The fourth-order valence-corrected chi connectivity index (χ4v) is 1.64. The highest BCUT2D eigenvalue weighted by Gasteiger charge is 2.12. The molecule has 0 aliphatic heterocycles. The maximum atomic E-state index is 5.31. The standard InChI is InChI=1S/C12H20N2O/c1-4-7-14-11(5-2)10-6-8-13-9-12(10)15-3/h6,8-9,11,14H,4-5,7H2,1-3H3. The maximum Gasteiger partial charge on any atom is 0.141 e. The molecule has 1 atom stereocenters. The summed E-state index contributed by atoms with van der Waals surface area (Å²) in [4.78, 5) is 4.06. The number of hydrogen-bond acceptors (Lipinski definition) is 3. The van der Waals surface area contributed by atoms with Gasteiger partial charge < -0.3 is 10.1 Å². The lowest BCUT2D eigenvalue weighted by molar-refractivity contribution is 0.395. The van der Waals surface area contributed by atoms with E-state index in [1.165, 1.54) is 5.56 Å². The van der Waals surface area contributed by atoms with E-state index in [4.69, 9.17) is 4.74 Å². The first-order valence-electron chi connectivity index (χ1n) is 5.54. The minimum atomic E-state index is 0.364. The zero-order valence-electron chi connectivity index (χ0n) is 9.79. The van der Waals surface area contributed by atoms with Crippen LogP contribution in [0.2, 0.25) is 0 Å². The van der Waals surface area contributed by atoms with Crippen molar-refractivity contribution in [1.82, 2.24) is 10.3 Å². The summed E-state index contributed by atoms with van der Waals surface area (Å²) in [5.41, 5.74) is 1.20. The van der Waals surface area contributed by atoms with E-state index >= 15 is 0 Å². The van der Waals surface area contributed by atoms with Crippen LogP contribution in [0.1, 0.15) is 38.3 Å². The Morgan fingerprint density at radius 1 is 1.47 bits per heavy atom. The summed E-state index contributed by atoms with van der Waals surface area (Å²) in [6, 6.07) is 2.39. The molecule has 0 aliphatic carbocycles. The molecule has 0 bridgehead atoms. The molecular formula is C12H20N2O. The second-order valence-corrected chi connectivity index (χ2v) is 3.53. The van der Waals surface area contributed by atoms with E-state index < -0.39 is 0 Å². The zero-order chi connectivity index (χ0) is 11.1. The molecule has 0 aliphatic rings. The molecule has 0 saturated heterocycles. The Hall–Kier alpha value is -1.09. The molecule has 0 saturated carbocycles. The Morgan fingerprint density at radius 3 is 2.87 bits per heavy atom. The number of pyridine rings is 1. The van der Waals surface area contributed by atoms with Crippen molar-refractivity contribution in [3.05, 3.63) is 24.0 Å². The van der Waals surface area contributed by atoms with Gasteiger partial charge in [-0.2, -0.15) is 0 Å². The summed E-state index contributed by atoms with van der Waals surface area (Å²) in [6.45, 7) is 5.38. The molecule has 84 valence electrons. The second kappa shape index (κ2) is 6.40. The average Bonchev–Trinajstić information content (AvgIpc) is 2.30. The lowest BCUT2D eigenvalue weighted by Gasteiger charge is -2.19. The zero-order valence-corrected chi connectivity index (χ0v) is 9.79. The predicted molar refractivity (Wildman–Crippen MR) is 62.1 cm³/mol. The van der Waals surface area contributed by atoms with Gasteiger partial charge in [0.25, 0.3) is 0 Å². The first kappa shape index (κ1) is 12.0. The van der Waals surface area contributed by atoms with Crippen LogP contribution in [0.3, 0.4) is 0 Å². The number of nitrogens with zero attached hydrogens (tertiary/aromatic N) is 1. The third-order valence-electron chi connectivity index (χ3n) is 2.46. The van der Waals surface area contributed by atoms with E-state index in [0.717, 1.165) is 25.1 Å². The molecule has 1 aromatic heterocycles. The molecule has 1 aromatic rings. The highest BCUT2D eigenvalue weighted by atomic mass is 16.5. The van der Waals surface area contributed by atoms with E-state index in [-0.39, 0.29) is 0 Å². The largest absolute Gasteiger partial charge is 0.495 e. The summed E-state index contributed by atoms with van der Waals surface area (Å²) >= 11 is 0. The van der Waals surface area contributed by atoms with E-state index in [2.05, 4.69) is 24.1 Å². The van der Waals surface area contributed by atoms with E-state index in [9.17, 15) is 0 Å². The number of nitrogens with one attached hydrogen (secondary N) is 1. The van der Waals surface area contributed by atoms with Crippen LogP contribution in [0, 0.1) is 0 Å². The van der Waals surface area contributed by atoms with Gasteiger partial charge in [0, 0.05) is 17.8 Å².